The Balaban J connectivity index is 2.78. The number of hydrogen-bond acceptors (Lipinski definition) is 5. The van der Waals surface area contributed by atoms with Gasteiger partial charge in [0.05, 0.1) is 12.0 Å². The van der Waals surface area contributed by atoms with Crippen molar-refractivity contribution in [1.82, 2.24) is 4.72 Å². The zero-order chi connectivity index (χ0) is 13.8. The van der Waals surface area contributed by atoms with Crippen LogP contribution in [-0.2, 0) is 19.6 Å². The van der Waals surface area contributed by atoms with Crippen LogP contribution in [0.2, 0.25) is 0 Å². The van der Waals surface area contributed by atoms with Crippen LogP contribution in [0.15, 0.2) is 33.6 Å². The number of carbonyl (C=O) groups is 1. The molecule has 0 aromatic heterocycles. The molecule has 8 heteroatoms. The number of carbonyl (C=O) groups excluding carboxylic acids is 1. The van der Waals surface area contributed by atoms with Gasteiger partial charge in [-0.2, -0.15) is 0 Å². The van der Waals surface area contributed by atoms with Crippen molar-refractivity contribution in [1.29, 1.82) is 0 Å². The van der Waals surface area contributed by atoms with Crippen molar-refractivity contribution in [3.8, 4) is 0 Å². The van der Waals surface area contributed by atoms with Crippen LogP contribution in [0.1, 0.15) is 0 Å². The molecule has 0 amide bonds. The quantitative estimate of drug-likeness (QED) is 0.752. The first kappa shape index (κ1) is 15.1. The number of benzene rings is 1. The van der Waals surface area contributed by atoms with Gasteiger partial charge in [-0.25, -0.2) is 17.9 Å². The van der Waals surface area contributed by atoms with E-state index >= 15 is 0 Å². The average molecular weight is 338 g/mol. The van der Waals surface area contributed by atoms with Crippen LogP contribution in [-0.4, -0.2) is 39.3 Å². The normalized spacial score (nSPS) is 13.1. The van der Waals surface area contributed by atoms with Crippen LogP contribution in [0.3, 0.4) is 0 Å². The van der Waals surface area contributed by atoms with Crippen molar-refractivity contribution >= 4 is 31.9 Å². The lowest BCUT2D eigenvalue weighted by Gasteiger charge is -2.11. The van der Waals surface area contributed by atoms with Crippen LogP contribution < -0.4 is 4.72 Å². The van der Waals surface area contributed by atoms with Gasteiger partial charge in [0.1, 0.15) is 0 Å². The molecular formula is C10H12BrNO5S. The molecule has 0 saturated heterocycles. The Morgan fingerprint density at radius 2 is 2.11 bits per heavy atom. The third-order valence-corrected chi connectivity index (χ3v) is 4.50. The monoisotopic (exact) mass is 337 g/mol. The Morgan fingerprint density at radius 3 is 2.67 bits per heavy atom. The Bertz CT molecular complexity index is 531. The van der Waals surface area contributed by atoms with Crippen LogP contribution in [0.25, 0.3) is 0 Å². The van der Waals surface area contributed by atoms with Crippen molar-refractivity contribution in [2.45, 2.75) is 11.0 Å². The summed E-state index contributed by atoms with van der Waals surface area (Å²) in [6.07, 6.45) is -1.53. The summed E-state index contributed by atoms with van der Waals surface area (Å²) in [7, 11) is -2.69. The fourth-order valence-corrected chi connectivity index (χ4v) is 3.19. The lowest BCUT2D eigenvalue weighted by Crippen LogP contribution is -2.37. The van der Waals surface area contributed by atoms with E-state index in [1.807, 2.05) is 0 Å². The molecule has 0 bridgehead atoms. The van der Waals surface area contributed by atoms with E-state index in [-0.39, 0.29) is 4.90 Å². The summed E-state index contributed by atoms with van der Waals surface area (Å²) < 4.78 is 30.5. The lowest BCUT2D eigenvalue weighted by atomic mass is 10.4. The topological polar surface area (TPSA) is 92.7 Å². The fraction of sp³-hybridized carbons (Fsp3) is 0.300. The summed E-state index contributed by atoms with van der Waals surface area (Å²) in [5.41, 5.74) is 0. The Hall–Kier alpha value is -0.960. The summed E-state index contributed by atoms with van der Waals surface area (Å²) in [5.74, 6) is -0.898. The minimum Gasteiger partial charge on any atom is -0.467 e. The molecule has 1 aromatic rings. The number of sulfonamides is 1. The number of halogens is 1. The summed E-state index contributed by atoms with van der Waals surface area (Å²) in [5, 5.41) is 9.28. The predicted octanol–water partition coefficient (Wildman–Crippen LogP) is 0.261. The molecule has 1 aromatic carbocycles. The Kier molecular flexibility index (Phi) is 5.27. The molecule has 0 spiro atoms. The van der Waals surface area contributed by atoms with Crippen LogP contribution in [0, 0.1) is 0 Å². The Labute approximate surface area is 113 Å². The number of methoxy groups -OCH3 is 1. The molecule has 0 aliphatic carbocycles. The molecular weight excluding hydrogens is 326 g/mol. The van der Waals surface area contributed by atoms with E-state index in [4.69, 9.17) is 0 Å². The first-order valence-electron chi connectivity index (χ1n) is 4.88. The number of hydrogen-bond donors (Lipinski definition) is 2. The highest BCUT2D eigenvalue weighted by atomic mass is 79.9. The second-order valence-electron chi connectivity index (χ2n) is 3.32. The van der Waals surface area contributed by atoms with Crippen molar-refractivity contribution in [2.24, 2.45) is 0 Å². The van der Waals surface area contributed by atoms with E-state index in [0.717, 1.165) is 7.11 Å². The number of rotatable bonds is 5. The molecule has 0 aliphatic heterocycles. The Morgan fingerprint density at radius 1 is 1.50 bits per heavy atom. The van der Waals surface area contributed by atoms with Gasteiger partial charge in [0, 0.05) is 11.0 Å². The summed E-state index contributed by atoms with van der Waals surface area (Å²) in [6.45, 7) is -0.448. The van der Waals surface area contributed by atoms with Gasteiger partial charge in [0.15, 0.2) is 6.10 Å². The second-order valence-corrected chi connectivity index (χ2v) is 5.91. The molecule has 1 rings (SSSR count). The first-order valence-corrected chi connectivity index (χ1v) is 7.16. The highest BCUT2D eigenvalue weighted by Gasteiger charge is 2.21. The molecule has 2 N–H and O–H groups in total. The predicted molar refractivity (Wildman–Crippen MR) is 67.4 cm³/mol. The van der Waals surface area contributed by atoms with E-state index in [9.17, 15) is 18.3 Å². The molecule has 100 valence electrons. The zero-order valence-corrected chi connectivity index (χ0v) is 11.9. The minimum atomic E-state index is -3.79. The van der Waals surface area contributed by atoms with Gasteiger partial charge in [-0.3, -0.25) is 0 Å². The molecule has 1 atom stereocenters. The van der Waals surface area contributed by atoms with E-state index in [0.29, 0.717) is 4.47 Å². The number of aliphatic hydroxyl groups excluding tert-OH is 1. The van der Waals surface area contributed by atoms with Gasteiger partial charge in [-0.1, -0.05) is 12.1 Å². The zero-order valence-electron chi connectivity index (χ0n) is 9.46. The van der Waals surface area contributed by atoms with Gasteiger partial charge in [-0.15, -0.1) is 0 Å². The maximum absolute atomic E-state index is 11.9. The van der Waals surface area contributed by atoms with Crippen molar-refractivity contribution in [2.75, 3.05) is 13.7 Å². The molecule has 0 saturated carbocycles. The average Bonchev–Trinajstić information content (AvgIpc) is 2.35. The standard InChI is InChI=1S/C10H12BrNO5S/c1-17-10(14)8(13)6-12-18(15,16)9-5-3-2-4-7(9)11/h2-5,8,12-13H,6H2,1H3. The van der Waals surface area contributed by atoms with E-state index in [2.05, 4.69) is 25.4 Å². The van der Waals surface area contributed by atoms with Gasteiger partial charge >= 0.3 is 5.97 Å². The molecule has 1 unspecified atom stereocenters. The number of aliphatic hydroxyl groups is 1. The molecule has 0 fully saturated rings. The van der Waals surface area contributed by atoms with Gasteiger partial charge in [0.2, 0.25) is 10.0 Å². The third-order valence-electron chi connectivity index (χ3n) is 2.07. The van der Waals surface area contributed by atoms with Gasteiger partial charge in [0.25, 0.3) is 0 Å². The van der Waals surface area contributed by atoms with E-state index in [1.165, 1.54) is 6.07 Å². The summed E-state index contributed by atoms with van der Waals surface area (Å²) >= 11 is 3.11. The molecule has 0 radical (unpaired) electrons. The maximum Gasteiger partial charge on any atom is 0.336 e. The lowest BCUT2D eigenvalue weighted by molar-refractivity contribution is -0.149. The number of esters is 1. The summed E-state index contributed by atoms with van der Waals surface area (Å²) in [6, 6.07) is 6.21. The molecule has 0 aliphatic rings. The maximum atomic E-state index is 11.9. The van der Waals surface area contributed by atoms with Crippen LogP contribution in [0.5, 0.6) is 0 Å². The largest absolute Gasteiger partial charge is 0.467 e. The SMILES string of the molecule is COC(=O)C(O)CNS(=O)(=O)c1ccccc1Br. The van der Waals surface area contributed by atoms with Crippen molar-refractivity contribution in [3.63, 3.8) is 0 Å². The molecule has 18 heavy (non-hydrogen) atoms. The fourth-order valence-electron chi connectivity index (χ4n) is 1.15. The first-order chi connectivity index (χ1) is 8.38. The smallest absolute Gasteiger partial charge is 0.336 e. The minimum absolute atomic E-state index is 0.0297. The molecule has 0 heterocycles. The van der Waals surface area contributed by atoms with Crippen molar-refractivity contribution in [3.05, 3.63) is 28.7 Å². The van der Waals surface area contributed by atoms with Crippen molar-refractivity contribution < 1.29 is 23.1 Å². The highest BCUT2D eigenvalue weighted by molar-refractivity contribution is 9.10. The van der Waals surface area contributed by atoms with Crippen LogP contribution in [0.4, 0.5) is 0 Å². The number of nitrogens with one attached hydrogen (secondary N) is 1. The summed E-state index contributed by atoms with van der Waals surface area (Å²) in [4.78, 5) is 10.9. The molecule has 6 nitrogen and oxygen atoms in total. The third kappa shape index (κ3) is 3.77. The highest BCUT2D eigenvalue weighted by Crippen LogP contribution is 2.20. The second kappa shape index (κ2) is 6.28. The van der Waals surface area contributed by atoms with E-state index in [1.54, 1.807) is 18.2 Å². The van der Waals surface area contributed by atoms with Gasteiger partial charge < -0.3 is 9.84 Å². The van der Waals surface area contributed by atoms with Crippen LogP contribution >= 0.6 is 15.9 Å². The van der Waals surface area contributed by atoms with E-state index < -0.39 is 28.6 Å². The van der Waals surface area contributed by atoms with Gasteiger partial charge in [-0.05, 0) is 28.1 Å². The number of ether oxygens (including phenoxy) is 1.